The zero-order valence-corrected chi connectivity index (χ0v) is 11.9. The quantitative estimate of drug-likeness (QED) is 0.739. The number of fused-ring (bicyclic) bond motifs is 1. The lowest BCUT2D eigenvalue weighted by atomic mass is 10.0. The monoisotopic (exact) mass is 292 g/mol. The standard InChI is InChI=1S/C16H14Cl2O/c17-14-4-1-11(2-5-14)9-15(18)12-3-6-16-13(10-12)7-8-19-16/h1-6,10,15H,7-9H2. The number of halogens is 2. The van der Waals surface area contributed by atoms with Crippen LogP contribution in [0.4, 0.5) is 0 Å². The molecule has 0 amide bonds. The summed E-state index contributed by atoms with van der Waals surface area (Å²) >= 11 is 12.4. The van der Waals surface area contributed by atoms with Crippen molar-refractivity contribution in [1.82, 2.24) is 0 Å². The summed E-state index contributed by atoms with van der Waals surface area (Å²) in [5.41, 5.74) is 3.61. The van der Waals surface area contributed by atoms with E-state index in [-0.39, 0.29) is 5.38 Å². The van der Waals surface area contributed by atoms with Gasteiger partial charge in [-0.15, -0.1) is 11.6 Å². The Morgan fingerprint density at radius 2 is 1.89 bits per heavy atom. The smallest absolute Gasteiger partial charge is 0.122 e. The molecule has 1 nitrogen and oxygen atoms in total. The van der Waals surface area contributed by atoms with Crippen molar-refractivity contribution < 1.29 is 4.74 Å². The molecule has 1 atom stereocenters. The third kappa shape index (κ3) is 2.88. The van der Waals surface area contributed by atoms with Crippen molar-refractivity contribution in [3.63, 3.8) is 0 Å². The van der Waals surface area contributed by atoms with E-state index in [0.717, 1.165) is 35.8 Å². The third-order valence-electron chi connectivity index (χ3n) is 3.40. The Kier molecular flexibility index (Phi) is 3.67. The Morgan fingerprint density at radius 3 is 2.68 bits per heavy atom. The van der Waals surface area contributed by atoms with E-state index in [4.69, 9.17) is 27.9 Å². The first kappa shape index (κ1) is 12.8. The Morgan fingerprint density at radius 1 is 1.11 bits per heavy atom. The first-order valence-corrected chi connectivity index (χ1v) is 7.18. The molecule has 3 heteroatoms. The first-order chi connectivity index (χ1) is 9.22. The van der Waals surface area contributed by atoms with Crippen LogP contribution in [0, 0.1) is 0 Å². The predicted molar refractivity (Wildman–Crippen MR) is 79.4 cm³/mol. The molecule has 0 N–H and O–H groups in total. The number of hydrogen-bond donors (Lipinski definition) is 0. The summed E-state index contributed by atoms with van der Waals surface area (Å²) in [4.78, 5) is 0. The van der Waals surface area contributed by atoms with E-state index in [0.29, 0.717) is 0 Å². The second-order valence-electron chi connectivity index (χ2n) is 4.76. The van der Waals surface area contributed by atoms with Crippen molar-refractivity contribution >= 4 is 23.2 Å². The van der Waals surface area contributed by atoms with E-state index in [2.05, 4.69) is 12.1 Å². The highest BCUT2D eigenvalue weighted by molar-refractivity contribution is 6.30. The predicted octanol–water partition coefficient (Wildman–Crippen LogP) is 4.80. The van der Waals surface area contributed by atoms with E-state index in [1.807, 2.05) is 30.3 Å². The average molecular weight is 293 g/mol. The van der Waals surface area contributed by atoms with Gasteiger partial charge in [-0.05, 0) is 41.3 Å². The molecular weight excluding hydrogens is 279 g/mol. The summed E-state index contributed by atoms with van der Waals surface area (Å²) in [6.07, 6.45) is 1.78. The highest BCUT2D eigenvalue weighted by Crippen LogP contribution is 2.32. The molecule has 2 aromatic rings. The number of ether oxygens (including phenoxy) is 1. The van der Waals surface area contributed by atoms with Crippen LogP contribution in [0.2, 0.25) is 5.02 Å². The first-order valence-electron chi connectivity index (χ1n) is 6.36. The second-order valence-corrected chi connectivity index (χ2v) is 5.73. The van der Waals surface area contributed by atoms with Crippen molar-refractivity contribution in [3.05, 3.63) is 64.2 Å². The molecule has 0 fully saturated rings. The van der Waals surface area contributed by atoms with E-state index in [1.165, 1.54) is 11.1 Å². The van der Waals surface area contributed by atoms with Crippen LogP contribution >= 0.6 is 23.2 Å². The van der Waals surface area contributed by atoms with E-state index < -0.39 is 0 Å². The van der Waals surface area contributed by atoms with Crippen LogP contribution in [0.15, 0.2) is 42.5 Å². The lowest BCUT2D eigenvalue weighted by Crippen LogP contribution is -1.96. The van der Waals surface area contributed by atoms with Crippen LogP contribution in [-0.2, 0) is 12.8 Å². The zero-order valence-electron chi connectivity index (χ0n) is 10.4. The molecule has 19 heavy (non-hydrogen) atoms. The van der Waals surface area contributed by atoms with Crippen LogP contribution in [0.5, 0.6) is 5.75 Å². The molecule has 0 saturated carbocycles. The molecule has 1 heterocycles. The van der Waals surface area contributed by atoms with E-state index >= 15 is 0 Å². The average Bonchev–Trinajstić information content (AvgIpc) is 2.88. The molecule has 2 aromatic carbocycles. The van der Waals surface area contributed by atoms with Crippen LogP contribution in [0.25, 0.3) is 0 Å². The Hall–Kier alpha value is -1.18. The van der Waals surface area contributed by atoms with Gasteiger partial charge in [-0.3, -0.25) is 0 Å². The summed E-state index contributed by atoms with van der Waals surface area (Å²) in [7, 11) is 0. The minimum absolute atomic E-state index is 0.0212. The van der Waals surface area contributed by atoms with Gasteiger partial charge in [0.1, 0.15) is 5.75 Å². The SMILES string of the molecule is Clc1ccc(CC(Cl)c2ccc3c(c2)CCO3)cc1. The molecular formula is C16H14Cl2O. The van der Waals surface area contributed by atoms with Crippen molar-refractivity contribution in [2.24, 2.45) is 0 Å². The van der Waals surface area contributed by atoms with Crippen LogP contribution in [0.1, 0.15) is 22.1 Å². The minimum Gasteiger partial charge on any atom is -0.493 e. The van der Waals surface area contributed by atoms with Crippen LogP contribution in [0.3, 0.4) is 0 Å². The van der Waals surface area contributed by atoms with Crippen molar-refractivity contribution in [2.45, 2.75) is 18.2 Å². The summed E-state index contributed by atoms with van der Waals surface area (Å²) in [5, 5.41) is 0.733. The van der Waals surface area contributed by atoms with Gasteiger partial charge in [-0.25, -0.2) is 0 Å². The highest BCUT2D eigenvalue weighted by atomic mass is 35.5. The molecule has 1 unspecified atom stereocenters. The number of benzene rings is 2. The Labute approximate surface area is 123 Å². The van der Waals surface area contributed by atoms with Gasteiger partial charge in [-0.1, -0.05) is 35.9 Å². The normalized spacial score (nSPS) is 14.8. The number of rotatable bonds is 3. The van der Waals surface area contributed by atoms with E-state index in [9.17, 15) is 0 Å². The molecule has 98 valence electrons. The van der Waals surface area contributed by atoms with Gasteiger partial charge in [0.2, 0.25) is 0 Å². The fourth-order valence-corrected chi connectivity index (χ4v) is 2.79. The Bertz CT molecular complexity index is 578. The van der Waals surface area contributed by atoms with Gasteiger partial charge in [0.25, 0.3) is 0 Å². The topological polar surface area (TPSA) is 9.23 Å². The van der Waals surface area contributed by atoms with Gasteiger partial charge < -0.3 is 4.74 Å². The molecule has 0 aliphatic carbocycles. The van der Waals surface area contributed by atoms with Gasteiger partial charge in [0, 0.05) is 11.4 Å². The van der Waals surface area contributed by atoms with Gasteiger partial charge >= 0.3 is 0 Å². The second kappa shape index (κ2) is 5.44. The maximum Gasteiger partial charge on any atom is 0.122 e. The van der Waals surface area contributed by atoms with Crippen LogP contribution in [-0.4, -0.2) is 6.61 Å². The summed E-state index contributed by atoms with van der Waals surface area (Å²) in [6.45, 7) is 0.781. The van der Waals surface area contributed by atoms with Gasteiger partial charge in [0.15, 0.2) is 0 Å². The molecule has 1 aliphatic rings. The maximum atomic E-state index is 6.51. The molecule has 0 spiro atoms. The maximum absolute atomic E-state index is 6.51. The molecule has 0 saturated heterocycles. The Balaban J connectivity index is 1.76. The fraction of sp³-hybridized carbons (Fsp3) is 0.250. The third-order valence-corrected chi connectivity index (χ3v) is 4.06. The van der Waals surface area contributed by atoms with Crippen molar-refractivity contribution in [2.75, 3.05) is 6.61 Å². The lowest BCUT2D eigenvalue weighted by molar-refractivity contribution is 0.357. The van der Waals surface area contributed by atoms with E-state index in [1.54, 1.807) is 0 Å². The van der Waals surface area contributed by atoms with Crippen molar-refractivity contribution in [3.8, 4) is 5.75 Å². The van der Waals surface area contributed by atoms with Gasteiger partial charge in [-0.2, -0.15) is 0 Å². The number of alkyl halides is 1. The molecule has 1 aliphatic heterocycles. The molecule has 0 bridgehead atoms. The molecule has 0 radical (unpaired) electrons. The fourth-order valence-electron chi connectivity index (χ4n) is 2.35. The number of hydrogen-bond acceptors (Lipinski definition) is 1. The summed E-state index contributed by atoms with van der Waals surface area (Å²) in [5.74, 6) is 0.999. The molecule has 3 rings (SSSR count). The largest absolute Gasteiger partial charge is 0.493 e. The highest BCUT2D eigenvalue weighted by Gasteiger charge is 2.15. The zero-order chi connectivity index (χ0) is 13.2. The van der Waals surface area contributed by atoms with Crippen molar-refractivity contribution in [1.29, 1.82) is 0 Å². The lowest BCUT2D eigenvalue weighted by Gasteiger charge is -2.11. The summed E-state index contributed by atoms with van der Waals surface area (Å²) < 4.78 is 5.51. The van der Waals surface area contributed by atoms with Gasteiger partial charge in [0.05, 0.1) is 12.0 Å². The van der Waals surface area contributed by atoms with Crippen LogP contribution < -0.4 is 4.74 Å². The minimum atomic E-state index is -0.0212. The molecule has 0 aromatic heterocycles. The summed E-state index contributed by atoms with van der Waals surface area (Å²) in [6, 6.07) is 14.1.